The van der Waals surface area contributed by atoms with Crippen molar-refractivity contribution in [3.63, 3.8) is 0 Å². The van der Waals surface area contributed by atoms with E-state index in [0.717, 1.165) is 19.3 Å². The van der Waals surface area contributed by atoms with Gasteiger partial charge in [0.15, 0.2) is 6.29 Å². The number of hydrogen-bond acceptors (Lipinski definition) is 8. The number of ether oxygens (including phenoxy) is 1. The van der Waals surface area contributed by atoms with Crippen LogP contribution in [0.2, 0.25) is 0 Å². The summed E-state index contributed by atoms with van der Waals surface area (Å²) in [6.07, 6.45) is 8.19. The summed E-state index contributed by atoms with van der Waals surface area (Å²) in [4.78, 5) is 32.7. The predicted molar refractivity (Wildman–Crippen MR) is 99.7 cm³/mol. The number of likely N-dealkylation sites (N-methyl/N-ethyl adjacent to an activating group) is 1. The van der Waals surface area contributed by atoms with Crippen molar-refractivity contribution in [2.75, 3.05) is 19.5 Å². The van der Waals surface area contributed by atoms with E-state index < -0.39 is 5.97 Å². The number of carbonyl (C=O) groups is 2. The number of rotatable bonds is 6. The molecule has 9 nitrogen and oxygen atoms in total. The first-order valence-electron chi connectivity index (χ1n) is 8.95. The summed E-state index contributed by atoms with van der Waals surface area (Å²) in [5.41, 5.74) is 0.974. The van der Waals surface area contributed by atoms with Crippen LogP contribution < -0.4 is 10.6 Å². The van der Waals surface area contributed by atoms with E-state index in [0.29, 0.717) is 29.5 Å². The van der Waals surface area contributed by atoms with Crippen molar-refractivity contribution in [1.82, 2.24) is 25.1 Å². The SMILES string of the molecule is CNC1CCCCC1Nc1nc(C=O)c(C(=O)OC)c(-c2cnn(C)c2)n1. The quantitative estimate of drug-likeness (QED) is 0.578. The maximum absolute atomic E-state index is 12.3. The van der Waals surface area contributed by atoms with E-state index in [2.05, 4.69) is 25.7 Å². The highest BCUT2D eigenvalue weighted by molar-refractivity contribution is 6.02. The molecule has 0 bridgehead atoms. The van der Waals surface area contributed by atoms with Crippen molar-refractivity contribution in [2.24, 2.45) is 7.05 Å². The lowest BCUT2D eigenvalue weighted by atomic mass is 9.90. The molecule has 0 amide bonds. The summed E-state index contributed by atoms with van der Waals surface area (Å²) >= 11 is 0. The molecule has 2 aromatic heterocycles. The highest BCUT2D eigenvalue weighted by Gasteiger charge is 2.27. The van der Waals surface area contributed by atoms with Gasteiger partial charge >= 0.3 is 5.97 Å². The zero-order chi connectivity index (χ0) is 19.4. The molecule has 2 unspecified atom stereocenters. The molecule has 0 radical (unpaired) electrons. The van der Waals surface area contributed by atoms with Gasteiger partial charge in [0.1, 0.15) is 11.3 Å². The number of carbonyl (C=O) groups excluding carboxylic acids is 2. The third kappa shape index (κ3) is 3.97. The van der Waals surface area contributed by atoms with Crippen LogP contribution in [0.3, 0.4) is 0 Å². The van der Waals surface area contributed by atoms with E-state index in [9.17, 15) is 9.59 Å². The van der Waals surface area contributed by atoms with E-state index >= 15 is 0 Å². The van der Waals surface area contributed by atoms with E-state index in [1.54, 1.807) is 24.1 Å². The fourth-order valence-corrected chi connectivity index (χ4v) is 3.50. The van der Waals surface area contributed by atoms with Gasteiger partial charge in [0.25, 0.3) is 0 Å². The van der Waals surface area contributed by atoms with Crippen molar-refractivity contribution in [3.05, 3.63) is 23.7 Å². The minimum Gasteiger partial charge on any atom is -0.465 e. The molecule has 3 rings (SSSR count). The number of esters is 1. The molecule has 2 N–H and O–H groups in total. The number of anilines is 1. The smallest absolute Gasteiger partial charge is 0.342 e. The Morgan fingerprint density at radius 1 is 1.30 bits per heavy atom. The van der Waals surface area contributed by atoms with Gasteiger partial charge in [0.05, 0.1) is 19.0 Å². The maximum atomic E-state index is 12.3. The second-order valence-electron chi connectivity index (χ2n) is 6.60. The monoisotopic (exact) mass is 372 g/mol. The molecule has 27 heavy (non-hydrogen) atoms. The van der Waals surface area contributed by atoms with Crippen LogP contribution in [-0.2, 0) is 11.8 Å². The van der Waals surface area contributed by atoms with Gasteiger partial charge in [-0.2, -0.15) is 5.10 Å². The van der Waals surface area contributed by atoms with Crippen molar-refractivity contribution < 1.29 is 14.3 Å². The van der Waals surface area contributed by atoms with E-state index in [1.807, 2.05) is 7.05 Å². The summed E-state index contributed by atoms with van der Waals surface area (Å²) in [5, 5.41) is 10.8. The molecule has 9 heteroatoms. The predicted octanol–water partition coefficient (Wildman–Crippen LogP) is 1.42. The van der Waals surface area contributed by atoms with Gasteiger partial charge < -0.3 is 15.4 Å². The number of aromatic nitrogens is 4. The van der Waals surface area contributed by atoms with Gasteiger partial charge in [-0.05, 0) is 19.9 Å². The van der Waals surface area contributed by atoms with Crippen molar-refractivity contribution in [3.8, 4) is 11.3 Å². The molecule has 1 fully saturated rings. The third-order valence-electron chi connectivity index (χ3n) is 4.87. The van der Waals surface area contributed by atoms with Crippen LogP contribution >= 0.6 is 0 Å². The summed E-state index contributed by atoms with van der Waals surface area (Å²) in [6, 6.07) is 0.443. The Bertz CT molecular complexity index is 834. The molecule has 2 atom stereocenters. The zero-order valence-electron chi connectivity index (χ0n) is 15.7. The lowest BCUT2D eigenvalue weighted by Crippen LogP contribution is -2.45. The number of nitrogens with one attached hydrogen (secondary N) is 2. The van der Waals surface area contributed by atoms with Crippen molar-refractivity contribution in [1.29, 1.82) is 0 Å². The van der Waals surface area contributed by atoms with Crippen LogP contribution in [0.25, 0.3) is 11.3 Å². The standard InChI is InChI=1S/C18H24N6O3/c1-19-12-6-4-5-7-13(12)21-18-22-14(10-25)15(17(26)27-3)16(23-18)11-8-20-24(2)9-11/h8-10,12-13,19H,4-7H2,1-3H3,(H,21,22,23). The van der Waals surface area contributed by atoms with Gasteiger partial charge in [0, 0.05) is 30.9 Å². The highest BCUT2D eigenvalue weighted by atomic mass is 16.5. The summed E-state index contributed by atoms with van der Waals surface area (Å²) in [6.45, 7) is 0. The topological polar surface area (TPSA) is 111 Å². The van der Waals surface area contributed by atoms with Gasteiger partial charge in [-0.15, -0.1) is 0 Å². The second kappa shape index (κ2) is 8.26. The first-order valence-corrected chi connectivity index (χ1v) is 8.95. The average Bonchev–Trinajstić information content (AvgIpc) is 3.13. The Morgan fingerprint density at radius 2 is 2.04 bits per heavy atom. The fraction of sp³-hybridized carbons (Fsp3) is 0.500. The van der Waals surface area contributed by atoms with Crippen LogP contribution in [-0.4, -0.2) is 58.2 Å². The van der Waals surface area contributed by atoms with Crippen LogP contribution in [0, 0.1) is 0 Å². The maximum Gasteiger partial charge on any atom is 0.342 e. The molecule has 0 aliphatic heterocycles. The molecule has 0 saturated heterocycles. The molecule has 1 aliphatic carbocycles. The first-order chi connectivity index (χ1) is 13.1. The molecule has 2 heterocycles. The Kier molecular flexibility index (Phi) is 5.80. The third-order valence-corrected chi connectivity index (χ3v) is 4.87. The summed E-state index contributed by atoms with van der Waals surface area (Å²) in [7, 11) is 4.96. The lowest BCUT2D eigenvalue weighted by molar-refractivity contribution is 0.0598. The largest absolute Gasteiger partial charge is 0.465 e. The molecule has 1 saturated carbocycles. The van der Waals surface area contributed by atoms with Crippen LogP contribution in [0.1, 0.15) is 46.5 Å². The lowest BCUT2D eigenvalue weighted by Gasteiger charge is -2.32. The van der Waals surface area contributed by atoms with Crippen molar-refractivity contribution >= 4 is 18.2 Å². The number of methoxy groups -OCH3 is 1. The Hall–Kier alpha value is -2.81. The number of aldehydes is 1. The van der Waals surface area contributed by atoms with E-state index in [-0.39, 0.29) is 17.3 Å². The number of hydrogen-bond donors (Lipinski definition) is 2. The highest BCUT2D eigenvalue weighted by Crippen LogP contribution is 2.27. The van der Waals surface area contributed by atoms with Gasteiger partial charge in [-0.25, -0.2) is 14.8 Å². The van der Waals surface area contributed by atoms with E-state index in [4.69, 9.17) is 4.74 Å². The van der Waals surface area contributed by atoms with Gasteiger partial charge in [0.2, 0.25) is 5.95 Å². The molecular formula is C18H24N6O3. The Labute approximate surface area is 157 Å². The Morgan fingerprint density at radius 3 is 2.63 bits per heavy atom. The van der Waals surface area contributed by atoms with Crippen LogP contribution in [0.15, 0.2) is 12.4 Å². The minimum atomic E-state index is -0.659. The first kappa shape index (κ1) is 19.0. The summed E-state index contributed by atoms with van der Waals surface area (Å²) < 4.78 is 6.44. The Balaban J connectivity index is 2.05. The fourth-order valence-electron chi connectivity index (χ4n) is 3.50. The van der Waals surface area contributed by atoms with Crippen LogP contribution in [0.5, 0.6) is 0 Å². The van der Waals surface area contributed by atoms with Gasteiger partial charge in [-0.1, -0.05) is 12.8 Å². The van der Waals surface area contributed by atoms with Gasteiger partial charge in [-0.3, -0.25) is 9.48 Å². The molecule has 0 spiro atoms. The normalized spacial score (nSPS) is 19.5. The number of nitrogens with zero attached hydrogens (tertiary/aromatic N) is 4. The molecular weight excluding hydrogens is 348 g/mol. The zero-order valence-corrected chi connectivity index (χ0v) is 15.7. The minimum absolute atomic E-state index is 0.00461. The van der Waals surface area contributed by atoms with E-state index in [1.165, 1.54) is 13.5 Å². The van der Waals surface area contributed by atoms with Crippen LogP contribution in [0.4, 0.5) is 5.95 Å². The molecule has 2 aromatic rings. The molecule has 0 aromatic carbocycles. The number of aryl methyl sites for hydroxylation is 1. The second-order valence-corrected chi connectivity index (χ2v) is 6.60. The average molecular weight is 372 g/mol. The van der Waals surface area contributed by atoms with Crippen molar-refractivity contribution in [2.45, 2.75) is 37.8 Å². The molecule has 144 valence electrons. The summed E-state index contributed by atoms with van der Waals surface area (Å²) in [5.74, 6) is -0.343. The molecule has 1 aliphatic rings.